The average Bonchev–Trinajstić information content (AvgIpc) is 3.25. The van der Waals surface area contributed by atoms with Crippen LogP contribution in [0.4, 0.5) is 0 Å². The molecule has 0 aliphatic rings. The first-order valence-electron chi connectivity index (χ1n) is 9.10. The van der Waals surface area contributed by atoms with Gasteiger partial charge in [-0.05, 0) is 38.0 Å². The number of rotatable bonds is 7. The predicted molar refractivity (Wildman–Crippen MR) is 104 cm³/mol. The lowest BCUT2D eigenvalue weighted by atomic mass is 10.0. The highest BCUT2D eigenvalue weighted by Crippen LogP contribution is 2.21. The van der Waals surface area contributed by atoms with Gasteiger partial charge in [0.25, 0.3) is 5.91 Å². The second-order valence-electron chi connectivity index (χ2n) is 6.60. The lowest BCUT2D eigenvalue weighted by molar-refractivity contribution is 0.0945. The maximum atomic E-state index is 12.7. The number of Topliss-reactive ketones (excluding diaryl/α,β-unsaturated/α-hetero) is 1. The standard InChI is InChI=1S/C21H24N4O2/c1-4-8-18-19(15(3)26)14(2)24-20(18)21(27)22-11-16-12-23-25(13-16)17-9-6-5-7-10-17/h5-7,9-10,12-13,24H,4,8,11H2,1-3H3,(H,22,27). The van der Waals surface area contributed by atoms with E-state index in [1.54, 1.807) is 10.9 Å². The molecule has 0 bridgehead atoms. The number of hydrogen-bond acceptors (Lipinski definition) is 3. The zero-order valence-corrected chi connectivity index (χ0v) is 15.9. The van der Waals surface area contributed by atoms with Crippen LogP contribution in [0.2, 0.25) is 0 Å². The normalized spacial score (nSPS) is 10.8. The highest BCUT2D eigenvalue weighted by atomic mass is 16.2. The van der Waals surface area contributed by atoms with Gasteiger partial charge in [-0.25, -0.2) is 4.68 Å². The van der Waals surface area contributed by atoms with Crippen LogP contribution in [-0.4, -0.2) is 26.5 Å². The molecule has 0 spiro atoms. The van der Waals surface area contributed by atoms with Crippen LogP contribution >= 0.6 is 0 Å². The number of aromatic nitrogens is 3. The first-order chi connectivity index (χ1) is 13.0. The molecule has 0 saturated carbocycles. The number of carbonyl (C=O) groups is 2. The van der Waals surface area contributed by atoms with Gasteiger partial charge in [0, 0.05) is 29.6 Å². The lowest BCUT2D eigenvalue weighted by Crippen LogP contribution is -2.24. The summed E-state index contributed by atoms with van der Waals surface area (Å²) in [7, 11) is 0. The Morgan fingerprint density at radius 1 is 1.22 bits per heavy atom. The summed E-state index contributed by atoms with van der Waals surface area (Å²) in [6.07, 6.45) is 5.18. The Labute approximate surface area is 158 Å². The predicted octanol–water partition coefficient (Wildman–Crippen LogP) is 3.59. The van der Waals surface area contributed by atoms with Crippen LogP contribution in [0.25, 0.3) is 5.69 Å². The number of aromatic amines is 1. The highest BCUT2D eigenvalue weighted by molar-refractivity contribution is 6.02. The molecule has 6 heteroatoms. The Hall–Kier alpha value is -3.15. The average molecular weight is 364 g/mol. The second-order valence-corrected chi connectivity index (χ2v) is 6.60. The number of hydrogen-bond donors (Lipinski definition) is 2. The van der Waals surface area contributed by atoms with Crippen LogP contribution in [0.15, 0.2) is 42.7 Å². The Kier molecular flexibility index (Phi) is 5.54. The molecule has 140 valence electrons. The van der Waals surface area contributed by atoms with Crippen molar-refractivity contribution in [1.29, 1.82) is 0 Å². The summed E-state index contributed by atoms with van der Waals surface area (Å²) in [5, 5.41) is 7.26. The molecule has 3 aromatic rings. The van der Waals surface area contributed by atoms with Crippen molar-refractivity contribution in [3.05, 3.63) is 70.8 Å². The van der Waals surface area contributed by atoms with Crippen LogP contribution in [0, 0.1) is 6.92 Å². The second kappa shape index (κ2) is 8.03. The van der Waals surface area contributed by atoms with E-state index in [9.17, 15) is 9.59 Å². The van der Waals surface area contributed by atoms with Gasteiger partial charge in [-0.2, -0.15) is 5.10 Å². The topological polar surface area (TPSA) is 79.8 Å². The molecule has 1 aromatic carbocycles. The van der Waals surface area contributed by atoms with Crippen LogP contribution in [-0.2, 0) is 13.0 Å². The molecule has 0 fully saturated rings. The number of aryl methyl sites for hydroxylation is 1. The van der Waals surface area contributed by atoms with E-state index in [0.29, 0.717) is 24.2 Å². The summed E-state index contributed by atoms with van der Waals surface area (Å²) < 4.78 is 1.77. The summed E-state index contributed by atoms with van der Waals surface area (Å²) in [4.78, 5) is 27.7. The maximum absolute atomic E-state index is 12.7. The first-order valence-corrected chi connectivity index (χ1v) is 9.10. The van der Waals surface area contributed by atoms with Crippen LogP contribution in [0.5, 0.6) is 0 Å². The van der Waals surface area contributed by atoms with E-state index in [4.69, 9.17) is 0 Å². The number of nitrogens with zero attached hydrogens (tertiary/aromatic N) is 2. The minimum Gasteiger partial charge on any atom is -0.354 e. The third-order valence-electron chi connectivity index (χ3n) is 4.48. The van der Waals surface area contributed by atoms with E-state index in [2.05, 4.69) is 15.4 Å². The SMILES string of the molecule is CCCc1c(C(=O)NCc2cnn(-c3ccccc3)c2)[nH]c(C)c1C(C)=O. The number of para-hydroxylation sites is 1. The zero-order chi connectivity index (χ0) is 19.4. The van der Waals surface area contributed by atoms with E-state index in [1.165, 1.54) is 6.92 Å². The Bertz CT molecular complexity index is 954. The van der Waals surface area contributed by atoms with Crippen molar-refractivity contribution >= 4 is 11.7 Å². The fourth-order valence-corrected chi connectivity index (χ4v) is 3.29. The van der Waals surface area contributed by atoms with Crippen molar-refractivity contribution < 1.29 is 9.59 Å². The third kappa shape index (κ3) is 4.00. The molecule has 0 radical (unpaired) electrons. The molecule has 0 aliphatic heterocycles. The summed E-state index contributed by atoms with van der Waals surface area (Å²) in [6, 6.07) is 9.80. The molecule has 2 N–H and O–H groups in total. The van der Waals surface area contributed by atoms with E-state index >= 15 is 0 Å². The molecule has 1 amide bonds. The number of ketones is 1. The van der Waals surface area contributed by atoms with Crippen LogP contribution in [0.1, 0.15) is 57.9 Å². The molecule has 2 heterocycles. The van der Waals surface area contributed by atoms with Gasteiger partial charge in [0.05, 0.1) is 11.9 Å². The minimum absolute atomic E-state index is 0.0182. The molecule has 6 nitrogen and oxygen atoms in total. The molecular formula is C21H24N4O2. The number of benzene rings is 1. The van der Waals surface area contributed by atoms with Gasteiger partial charge >= 0.3 is 0 Å². The summed E-state index contributed by atoms with van der Waals surface area (Å²) >= 11 is 0. The van der Waals surface area contributed by atoms with Crippen molar-refractivity contribution in [2.24, 2.45) is 0 Å². The Morgan fingerprint density at radius 2 is 1.96 bits per heavy atom. The Balaban J connectivity index is 1.74. The first kappa shape index (κ1) is 18.6. The number of amides is 1. The Morgan fingerprint density at radius 3 is 2.63 bits per heavy atom. The molecule has 27 heavy (non-hydrogen) atoms. The molecule has 3 rings (SSSR count). The zero-order valence-electron chi connectivity index (χ0n) is 15.9. The van der Waals surface area contributed by atoms with Gasteiger partial charge in [0.1, 0.15) is 5.69 Å². The number of H-pyrrole nitrogens is 1. The van der Waals surface area contributed by atoms with Crippen molar-refractivity contribution in [2.75, 3.05) is 0 Å². The monoisotopic (exact) mass is 364 g/mol. The summed E-state index contributed by atoms with van der Waals surface area (Å²) in [6.45, 7) is 5.77. The van der Waals surface area contributed by atoms with Crippen molar-refractivity contribution in [1.82, 2.24) is 20.1 Å². The molecule has 2 aromatic heterocycles. The van der Waals surface area contributed by atoms with Gasteiger partial charge in [-0.1, -0.05) is 31.5 Å². The lowest BCUT2D eigenvalue weighted by Gasteiger charge is -2.06. The molecule has 0 saturated heterocycles. The quantitative estimate of drug-likeness (QED) is 0.629. The summed E-state index contributed by atoms with van der Waals surface area (Å²) in [5.41, 5.74) is 4.53. The van der Waals surface area contributed by atoms with E-state index in [0.717, 1.165) is 28.9 Å². The largest absolute Gasteiger partial charge is 0.354 e. The maximum Gasteiger partial charge on any atom is 0.268 e. The highest BCUT2D eigenvalue weighted by Gasteiger charge is 2.22. The molecule has 0 aliphatic carbocycles. The van der Waals surface area contributed by atoms with E-state index < -0.39 is 0 Å². The van der Waals surface area contributed by atoms with Crippen molar-refractivity contribution in [3.63, 3.8) is 0 Å². The smallest absolute Gasteiger partial charge is 0.268 e. The van der Waals surface area contributed by atoms with Crippen LogP contribution in [0.3, 0.4) is 0 Å². The fraction of sp³-hybridized carbons (Fsp3) is 0.286. The molecular weight excluding hydrogens is 340 g/mol. The van der Waals surface area contributed by atoms with Gasteiger partial charge in [0.15, 0.2) is 5.78 Å². The van der Waals surface area contributed by atoms with Gasteiger partial charge in [0.2, 0.25) is 0 Å². The minimum atomic E-state index is -0.207. The van der Waals surface area contributed by atoms with E-state index in [1.807, 2.05) is 50.4 Å². The number of nitrogens with one attached hydrogen (secondary N) is 2. The van der Waals surface area contributed by atoms with E-state index in [-0.39, 0.29) is 11.7 Å². The number of carbonyl (C=O) groups excluding carboxylic acids is 2. The van der Waals surface area contributed by atoms with Gasteiger partial charge < -0.3 is 10.3 Å². The van der Waals surface area contributed by atoms with Crippen molar-refractivity contribution in [3.8, 4) is 5.69 Å². The molecule has 0 unspecified atom stereocenters. The summed E-state index contributed by atoms with van der Waals surface area (Å²) in [5.74, 6) is -0.225. The van der Waals surface area contributed by atoms with Crippen LogP contribution < -0.4 is 5.32 Å². The fourth-order valence-electron chi connectivity index (χ4n) is 3.29. The van der Waals surface area contributed by atoms with Crippen molar-refractivity contribution in [2.45, 2.75) is 40.2 Å². The molecule has 0 atom stereocenters. The van der Waals surface area contributed by atoms with Gasteiger partial charge in [-0.3, -0.25) is 9.59 Å². The van der Waals surface area contributed by atoms with Gasteiger partial charge in [-0.15, -0.1) is 0 Å². The third-order valence-corrected chi connectivity index (χ3v) is 4.48.